The molecule has 1 fully saturated rings. The molecule has 1 N–H and O–H groups in total. The van der Waals surface area contributed by atoms with Crippen LogP contribution in [0.4, 0.5) is 0 Å². The van der Waals surface area contributed by atoms with E-state index in [1.54, 1.807) is 0 Å². The number of ether oxygens (including phenoxy) is 1. The molecule has 4 heteroatoms. The van der Waals surface area contributed by atoms with E-state index in [1.807, 2.05) is 30.3 Å². The van der Waals surface area contributed by atoms with E-state index in [1.165, 1.54) is 33.0 Å². The highest BCUT2D eigenvalue weighted by molar-refractivity contribution is 5.78. The van der Waals surface area contributed by atoms with Gasteiger partial charge in [0, 0.05) is 6.54 Å². The largest absolute Gasteiger partial charge is 0.469 e. The summed E-state index contributed by atoms with van der Waals surface area (Å²) in [6, 6.07) is 9.85. The number of likely N-dealkylation sites (tertiary alicyclic amines) is 1. The lowest BCUT2D eigenvalue weighted by atomic mass is 9.96. The standard InChI is InChI=1S/C17H26N2O2/c1-19-10-8-14(9-11-19)12-18-13-16(17(20)21-2)15-6-4-3-5-7-15/h3-7,14,16,18H,8-13H2,1-2H3. The van der Waals surface area contributed by atoms with Gasteiger partial charge in [-0.05, 0) is 51.0 Å². The van der Waals surface area contributed by atoms with Crippen LogP contribution in [0.25, 0.3) is 0 Å². The summed E-state index contributed by atoms with van der Waals surface area (Å²) in [4.78, 5) is 14.3. The predicted octanol–water partition coefficient (Wildman–Crippen LogP) is 1.87. The molecule has 0 bridgehead atoms. The highest BCUT2D eigenvalue weighted by Gasteiger charge is 2.22. The molecule has 1 saturated heterocycles. The van der Waals surface area contributed by atoms with Crippen molar-refractivity contribution in [1.29, 1.82) is 0 Å². The van der Waals surface area contributed by atoms with Gasteiger partial charge in [0.05, 0.1) is 13.0 Å². The third-order valence-corrected chi connectivity index (χ3v) is 4.31. The SMILES string of the molecule is COC(=O)C(CNCC1CCN(C)CC1)c1ccccc1. The second-order valence-corrected chi connectivity index (χ2v) is 5.89. The molecule has 1 aliphatic heterocycles. The number of esters is 1. The normalized spacial score (nSPS) is 18.4. The van der Waals surface area contributed by atoms with Crippen molar-refractivity contribution < 1.29 is 9.53 Å². The van der Waals surface area contributed by atoms with Gasteiger partial charge in [-0.15, -0.1) is 0 Å². The summed E-state index contributed by atoms with van der Waals surface area (Å²) in [6.07, 6.45) is 2.47. The smallest absolute Gasteiger partial charge is 0.314 e. The number of benzene rings is 1. The quantitative estimate of drug-likeness (QED) is 0.812. The molecule has 21 heavy (non-hydrogen) atoms. The Morgan fingerprint density at radius 1 is 1.33 bits per heavy atom. The molecule has 2 rings (SSSR count). The Balaban J connectivity index is 1.84. The fraction of sp³-hybridized carbons (Fsp3) is 0.588. The van der Waals surface area contributed by atoms with Gasteiger partial charge < -0.3 is 15.0 Å². The molecule has 0 radical (unpaired) electrons. The molecule has 1 heterocycles. The molecular formula is C17H26N2O2. The maximum absolute atomic E-state index is 12.0. The van der Waals surface area contributed by atoms with Gasteiger partial charge in [-0.25, -0.2) is 0 Å². The van der Waals surface area contributed by atoms with E-state index in [4.69, 9.17) is 4.74 Å². The van der Waals surface area contributed by atoms with Crippen LogP contribution in [-0.2, 0) is 9.53 Å². The van der Waals surface area contributed by atoms with E-state index in [0.717, 1.165) is 18.0 Å². The Hall–Kier alpha value is -1.39. The minimum Gasteiger partial charge on any atom is -0.469 e. The Labute approximate surface area is 127 Å². The van der Waals surface area contributed by atoms with Crippen molar-refractivity contribution in [2.45, 2.75) is 18.8 Å². The lowest BCUT2D eigenvalue weighted by molar-refractivity contribution is -0.142. The van der Waals surface area contributed by atoms with Crippen molar-refractivity contribution >= 4 is 5.97 Å². The van der Waals surface area contributed by atoms with Crippen LogP contribution >= 0.6 is 0 Å². The van der Waals surface area contributed by atoms with Crippen LogP contribution in [0.2, 0.25) is 0 Å². The third-order valence-electron chi connectivity index (χ3n) is 4.31. The predicted molar refractivity (Wildman–Crippen MR) is 84.3 cm³/mol. The first kappa shape index (κ1) is 16.0. The highest BCUT2D eigenvalue weighted by atomic mass is 16.5. The van der Waals surface area contributed by atoms with E-state index in [0.29, 0.717) is 6.54 Å². The van der Waals surface area contributed by atoms with E-state index in [2.05, 4.69) is 17.3 Å². The number of methoxy groups -OCH3 is 1. The van der Waals surface area contributed by atoms with Crippen LogP contribution in [0.3, 0.4) is 0 Å². The van der Waals surface area contributed by atoms with E-state index in [-0.39, 0.29) is 11.9 Å². The third kappa shape index (κ3) is 4.83. The van der Waals surface area contributed by atoms with Crippen molar-refractivity contribution in [1.82, 2.24) is 10.2 Å². The zero-order valence-electron chi connectivity index (χ0n) is 13.0. The van der Waals surface area contributed by atoms with Crippen LogP contribution < -0.4 is 5.32 Å². The van der Waals surface area contributed by atoms with Gasteiger partial charge in [-0.1, -0.05) is 30.3 Å². The van der Waals surface area contributed by atoms with Gasteiger partial charge in [-0.2, -0.15) is 0 Å². The van der Waals surface area contributed by atoms with Crippen LogP contribution in [0, 0.1) is 5.92 Å². The summed E-state index contributed by atoms with van der Waals surface area (Å²) in [5.74, 6) is 0.329. The molecule has 0 saturated carbocycles. The number of hydrogen-bond donors (Lipinski definition) is 1. The van der Waals surface area contributed by atoms with Crippen LogP contribution in [0.15, 0.2) is 30.3 Å². The van der Waals surface area contributed by atoms with Gasteiger partial charge in [0.15, 0.2) is 0 Å². The highest BCUT2D eigenvalue weighted by Crippen LogP contribution is 2.18. The van der Waals surface area contributed by atoms with Gasteiger partial charge >= 0.3 is 5.97 Å². The average molecular weight is 290 g/mol. The fourth-order valence-corrected chi connectivity index (χ4v) is 2.86. The number of hydrogen-bond acceptors (Lipinski definition) is 4. The first-order valence-electron chi connectivity index (χ1n) is 7.72. The lowest BCUT2D eigenvalue weighted by Crippen LogP contribution is -2.37. The average Bonchev–Trinajstić information content (AvgIpc) is 2.53. The molecular weight excluding hydrogens is 264 g/mol. The first-order chi connectivity index (χ1) is 10.2. The Morgan fingerprint density at radius 3 is 2.62 bits per heavy atom. The number of nitrogens with one attached hydrogen (secondary N) is 1. The topological polar surface area (TPSA) is 41.6 Å². The van der Waals surface area contributed by atoms with Crippen molar-refractivity contribution in [3.63, 3.8) is 0 Å². The van der Waals surface area contributed by atoms with Crippen molar-refractivity contribution in [3.8, 4) is 0 Å². The minimum atomic E-state index is -0.220. The lowest BCUT2D eigenvalue weighted by Gasteiger charge is -2.29. The molecule has 1 atom stereocenters. The summed E-state index contributed by atoms with van der Waals surface area (Å²) >= 11 is 0. The Bertz CT molecular complexity index is 428. The molecule has 0 aliphatic carbocycles. The monoisotopic (exact) mass is 290 g/mol. The molecule has 116 valence electrons. The van der Waals surface area contributed by atoms with Crippen molar-refractivity contribution in [2.75, 3.05) is 40.3 Å². The molecule has 1 unspecified atom stereocenters. The van der Waals surface area contributed by atoms with Crippen LogP contribution in [0.1, 0.15) is 24.3 Å². The number of carbonyl (C=O) groups is 1. The van der Waals surface area contributed by atoms with Gasteiger partial charge in [0.2, 0.25) is 0 Å². The molecule has 0 aromatic heterocycles. The summed E-state index contributed by atoms with van der Waals surface area (Å²) in [7, 11) is 3.63. The van der Waals surface area contributed by atoms with Crippen molar-refractivity contribution in [3.05, 3.63) is 35.9 Å². The summed E-state index contributed by atoms with van der Waals surface area (Å²) < 4.78 is 4.94. The second kappa shape index (κ2) is 8.15. The fourth-order valence-electron chi connectivity index (χ4n) is 2.86. The molecule has 0 amide bonds. The van der Waals surface area contributed by atoms with E-state index in [9.17, 15) is 4.79 Å². The summed E-state index contributed by atoms with van der Waals surface area (Å²) in [6.45, 7) is 3.97. The van der Waals surface area contributed by atoms with Crippen LogP contribution in [-0.4, -0.2) is 51.2 Å². The van der Waals surface area contributed by atoms with Gasteiger partial charge in [-0.3, -0.25) is 4.79 Å². The zero-order valence-corrected chi connectivity index (χ0v) is 13.0. The minimum absolute atomic E-state index is 0.169. The maximum atomic E-state index is 12.0. The number of carbonyl (C=O) groups excluding carboxylic acids is 1. The summed E-state index contributed by atoms with van der Waals surface area (Å²) in [5.41, 5.74) is 1.01. The Morgan fingerprint density at radius 2 is 2.00 bits per heavy atom. The van der Waals surface area contributed by atoms with Gasteiger partial charge in [0.1, 0.15) is 0 Å². The second-order valence-electron chi connectivity index (χ2n) is 5.89. The number of rotatable bonds is 6. The van der Waals surface area contributed by atoms with Crippen molar-refractivity contribution in [2.24, 2.45) is 5.92 Å². The maximum Gasteiger partial charge on any atom is 0.314 e. The first-order valence-corrected chi connectivity index (χ1v) is 7.72. The summed E-state index contributed by atoms with van der Waals surface area (Å²) in [5, 5.41) is 3.46. The van der Waals surface area contributed by atoms with E-state index >= 15 is 0 Å². The molecule has 1 aliphatic rings. The number of nitrogens with zero attached hydrogens (tertiary/aromatic N) is 1. The molecule has 1 aromatic rings. The van der Waals surface area contributed by atoms with Gasteiger partial charge in [0.25, 0.3) is 0 Å². The van der Waals surface area contributed by atoms with E-state index < -0.39 is 0 Å². The molecule has 0 spiro atoms. The number of piperidine rings is 1. The molecule has 1 aromatic carbocycles. The Kier molecular flexibility index (Phi) is 6.21. The zero-order chi connectivity index (χ0) is 15.1. The van der Waals surface area contributed by atoms with Crippen LogP contribution in [0.5, 0.6) is 0 Å². The molecule has 4 nitrogen and oxygen atoms in total.